The number of halogens is 11. The van der Waals surface area contributed by atoms with Crippen LogP contribution in [0, 0.1) is 5.41 Å². The molecule has 0 heterocycles. The third-order valence-electron chi connectivity index (χ3n) is 3.50. The third kappa shape index (κ3) is 1.85. The summed E-state index contributed by atoms with van der Waals surface area (Å²) in [7, 11) is 0. The first-order chi connectivity index (χ1) is 10.4. The molecular formula is C10H5F11O3. The van der Waals surface area contributed by atoms with E-state index in [2.05, 4.69) is 0 Å². The quantitative estimate of drug-likeness (QED) is 0.590. The molecule has 0 atom stereocenters. The largest absolute Gasteiger partial charge is 0.478 e. The Morgan fingerprint density at radius 3 is 1.50 bits per heavy atom. The minimum atomic E-state index is -7.10. The summed E-state index contributed by atoms with van der Waals surface area (Å²) < 4.78 is 146. The van der Waals surface area contributed by atoms with E-state index in [1.165, 1.54) is 0 Å². The van der Waals surface area contributed by atoms with Crippen LogP contribution in [0.3, 0.4) is 0 Å². The van der Waals surface area contributed by atoms with Crippen LogP contribution < -0.4 is 0 Å². The molecule has 0 spiro atoms. The van der Waals surface area contributed by atoms with Gasteiger partial charge in [0.2, 0.25) is 5.41 Å². The lowest BCUT2D eigenvalue weighted by Crippen LogP contribution is -2.61. The van der Waals surface area contributed by atoms with Crippen LogP contribution >= 0.6 is 0 Å². The van der Waals surface area contributed by atoms with Gasteiger partial charge in [-0.15, -0.1) is 4.94 Å². The Bertz CT molecular complexity index is 555. The zero-order valence-electron chi connectivity index (χ0n) is 11.0. The van der Waals surface area contributed by atoms with Crippen LogP contribution in [0.5, 0.6) is 0 Å². The molecule has 1 fully saturated rings. The fourth-order valence-electron chi connectivity index (χ4n) is 2.16. The van der Waals surface area contributed by atoms with E-state index in [9.17, 15) is 53.2 Å². The molecule has 0 aromatic rings. The highest BCUT2D eigenvalue weighted by atomic mass is 19.4. The molecular weight excluding hydrogens is 377 g/mol. The molecule has 1 N–H and O–H groups in total. The van der Waals surface area contributed by atoms with Crippen molar-refractivity contribution in [1.82, 2.24) is 0 Å². The minimum Gasteiger partial charge on any atom is -0.478 e. The third-order valence-corrected chi connectivity index (χ3v) is 3.50. The van der Waals surface area contributed by atoms with Crippen LogP contribution in [0.4, 0.5) is 48.4 Å². The zero-order valence-corrected chi connectivity index (χ0v) is 11.0. The second-order valence-electron chi connectivity index (χ2n) is 4.83. The molecule has 0 unspecified atom stereocenters. The molecule has 3 nitrogen and oxygen atoms in total. The highest BCUT2D eigenvalue weighted by molar-refractivity contribution is 5.86. The Kier molecular flexibility index (Phi) is 4.22. The monoisotopic (exact) mass is 382 g/mol. The fourth-order valence-corrected chi connectivity index (χ4v) is 2.16. The van der Waals surface area contributed by atoms with E-state index < -0.39 is 52.8 Å². The average molecular weight is 382 g/mol. The first-order valence-electron chi connectivity index (χ1n) is 5.50. The Balaban J connectivity index is 4.09. The van der Waals surface area contributed by atoms with Gasteiger partial charge < -0.3 is 5.11 Å². The summed E-state index contributed by atoms with van der Waals surface area (Å²) in [6.45, 7) is 0.0825. The first kappa shape index (κ1) is 20.4. The normalized spacial score (nSPS) is 27.1. The van der Waals surface area contributed by atoms with Gasteiger partial charge in [-0.2, -0.15) is 43.9 Å². The molecule has 0 aliphatic heterocycles. The fraction of sp³-hybridized carbons (Fsp3) is 0.700. The molecule has 24 heavy (non-hydrogen) atoms. The second kappa shape index (κ2) is 4.95. The number of carboxylic acids is 1. The van der Waals surface area contributed by atoms with Gasteiger partial charge in [0, 0.05) is 5.57 Å². The zero-order chi connectivity index (χ0) is 19.6. The molecule has 140 valence electrons. The van der Waals surface area contributed by atoms with Crippen molar-refractivity contribution in [2.24, 2.45) is 5.41 Å². The average Bonchev–Trinajstić information content (AvgIpc) is 2.47. The molecule has 0 amide bonds. The number of aliphatic carboxylic acids is 1. The van der Waals surface area contributed by atoms with Crippen molar-refractivity contribution < 1.29 is 63.3 Å². The van der Waals surface area contributed by atoms with E-state index in [1.807, 2.05) is 0 Å². The Morgan fingerprint density at radius 1 is 0.917 bits per heavy atom. The predicted octanol–water partition coefficient (Wildman–Crippen LogP) is 4.05. The van der Waals surface area contributed by atoms with Crippen molar-refractivity contribution in [3.05, 3.63) is 11.6 Å². The van der Waals surface area contributed by atoms with Gasteiger partial charge in [-0.3, -0.25) is 0 Å². The van der Waals surface area contributed by atoms with E-state index in [4.69, 9.17) is 5.11 Å². The Labute approximate surface area is 124 Å². The second-order valence-corrected chi connectivity index (χ2v) is 4.83. The smallest absolute Gasteiger partial charge is 0.407 e. The van der Waals surface area contributed by atoms with Crippen LogP contribution in [0.1, 0.15) is 6.92 Å². The van der Waals surface area contributed by atoms with E-state index in [0.717, 1.165) is 0 Å². The van der Waals surface area contributed by atoms with E-state index >= 15 is 0 Å². The number of hydrogen-bond acceptors (Lipinski definition) is 2. The molecule has 14 heteroatoms. The standard InChI is InChI=1S/C10H5F11O3/c1-3(4(22)23)2-5(10(19,20)24-21)6(11,12)8(15,16)9(17,18)7(5,13)14/h2H,1H3,(H,22,23). The Hall–Kier alpha value is -1.60. The molecule has 0 radical (unpaired) electrons. The molecule has 0 saturated heterocycles. The molecule has 1 rings (SSSR count). The summed E-state index contributed by atoms with van der Waals surface area (Å²) in [5, 5.41) is 8.38. The van der Waals surface area contributed by atoms with Gasteiger partial charge in [0.1, 0.15) is 0 Å². The summed E-state index contributed by atoms with van der Waals surface area (Å²) in [6, 6.07) is 0. The summed E-state index contributed by atoms with van der Waals surface area (Å²) in [5.74, 6) is -30.7. The van der Waals surface area contributed by atoms with Gasteiger partial charge in [-0.25, -0.2) is 4.79 Å². The van der Waals surface area contributed by atoms with Crippen molar-refractivity contribution in [2.75, 3.05) is 0 Å². The SMILES string of the molecule is CC(=CC1(C(F)(F)OF)C(F)(F)C(F)(F)C(F)(F)C1(F)F)C(=O)O. The molecule has 1 aliphatic rings. The number of carbonyl (C=O) groups is 1. The molecule has 0 bridgehead atoms. The van der Waals surface area contributed by atoms with Gasteiger partial charge in [0.15, 0.2) is 0 Å². The lowest BCUT2D eigenvalue weighted by molar-refractivity contribution is -0.443. The van der Waals surface area contributed by atoms with Crippen molar-refractivity contribution in [3.8, 4) is 0 Å². The van der Waals surface area contributed by atoms with Gasteiger partial charge in [0.05, 0.1) is 0 Å². The van der Waals surface area contributed by atoms with Crippen LogP contribution in [-0.4, -0.2) is 40.9 Å². The van der Waals surface area contributed by atoms with Gasteiger partial charge in [0.25, 0.3) is 0 Å². The highest BCUT2D eigenvalue weighted by Crippen LogP contribution is 2.76. The van der Waals surface area contributed by atoms with Gasteiger partial charge >= 0.3 is 35.8 Å². The first-order valence-corrected chi connectivity index (χ1v) is 5.50. The summed E-state index contributed by atoms with van der Waals surface area (Å²) in [4.78, 5) is 12.0. The van der Waals surface area contributed by atoms with Crippen LogP contribution in [0.2, 0.25) is 0 Å². The number of alkyl halides is 10. The summed E-state index contributed by atoms with van der Waals surface area (Å²) in [6.07, 6.45) is -8.11. The van der Waals surface area contributed by atoms with Crippen LogP contribution in [0.15, 0.2) is 11.6 Å². The van der Waals surface area contributed by atoms with E-state index in [1.54, 1.807) is 4.94 Å². The lowest BCUT2D eigenvalue weighted by atomic mass is 9.76. The maximum Gasteiger partial charge on any atom is 0.407 e. The van der Waals surface area contributed by atoms with E-state index in [0.29, 0.717) is 0 Å². The summed E-state index contributed by atoms with van der Waals surface area (Å²) >= 11 is 0. The number of rotatable bonds is 4. The van der Waals surface area contributed by atoms with Gasteiger partial charge in [-0.05, 0) is 17.5 Å². The van der Waals surface area contributed by atoms with Crippen molar-refractivity contribution in [1.29, 1.82) is 0 Å². The number of carboxylic acid groups (broad SMARTS) is 1. The topological polar surface area (TPSA) is 46.5 Å². The maximum atomic E-state index is 13.7. The summed E-state index contributed by atoms with van der Waals surface area (Å²) in [5.41, 5.74) is -8.23. The highest BCUT2D eigenvalue weighted by Gasteiger charge is 3.03. The predicted molar refractivity (Wildman–Crippen MR) is 50.8 cm³/mol. The lowest BCUT2D eigenvalue weighted by Gasteiger charge is -2.39. The molecule has 0 aromatic carbocycles. The molecule has 1 saturated carbocycles. The van der Waals surface area contributed by atoms with Crippen molar-refractivity contribution >= 4 is 5.97 Å². The molecule has 1 aliphatic carbocycles. The minimum absolute atomic E-state index is 0.0825. The molecule has 0 aromatic heterocycles. The van der Waals surface area contributed by atoms with Gasteiger partial charge in [-0.1, -0.05) is 0 Å². The van der Waals surface area contributed by atoms with Crippen molar-refractivity contribution in [3.63, 3.8) is 0 Å². The maximum absolute atomic E-state index is 13.7. The van der Waals surface area contributed by atoms with Crippen molar-refractivity contribution in [2.45, 2.75) is 36.7 Å². The Morgan fingerprint density at radius 2 is 1.25 bits per heavy atom. The number of hydrogen-bond donors (Lipinski definition) is 1. The van der Waals surface area contributed by atoms with Crippen LogP contribution in [0.25, 0.3) is 0 Å². The van der Waals surface area contributed by atoms with Crippen LogP contribution in [-0.2, 0) is 9.74 Å². The van der Waals surface area contributed by atoms with E-state index in [-0.39, 0.29) is 6.92 Å².